The van der Waals surface area contributed by atoms with Crippen LogP contribution in [0.25, 0.3) is 10.9 Å². The van der Waals surface area contributed by atoms with Gasteiger partial charge in [0.15, 0.2) is 0 Å². The summed E-state index contributed by atoms with van der Waals surface area (Å²) in [6.45, 7) is 4.73. The van der Waals surface area contributed by atoms with Gasteiger partial charge >= 0.3 is 0 Å². The highest BCUT2D eigenvalue weighted by Gasteiger charge is 2.34. The van der Waals surface area contributed by atoms with E-state index >= 15 is 0 Å². The van der Waals surface area contributed by atoms with Crippen LogP contribution in [0.5, 0.6) is 0 Å². The Kier molecular flexibility index (Phi) is 6.47. The van der Waals surface area contributed by atoms with E-state index in [9.17, 15) is 13.6 Å². The quantitative estimate of drug-likeness (QED) is 0.341. The lowest BCUT2D eigenvalue weighted by Gasteiger charge is -2.20. The van der Waals surface area contributed by atoms with Gasteiger partial charge in [-0.05, 0) is 44.5 Å². The average Bonchev–Trinajstić information content (AvgIpc) is 2.78. The Morgan fingerprint density at radius 1 is 0.970 bits per heavy atom. The number of nitrogens with zero attached hydrogens (tertiary/aromatic N) is 1. The second kappa shape index (κ2) is 9.32. The number of halogens is 2. The minimum atomic E-state index is -3.19. The maximum atomic E-state index is 15.0. The molecule has 0 bridgehead atoms. The van der Waals surface area contributed by atoms with Crippen molar-refractivity contribution in [1.29, 1.82) is 0 Å². The van der Waals surface area contributed by atoms with Crippen LogP contribution >= 0.6 is 11.8 Å². The van der Waals surface area contributed by atoms with Gasteiger partial charge in [0.25, 0.3) is 11.8 Å². The van der Waals surface area contributed by atoms with Crippen molar-refractivity contribution in [2.45, 2.75) is 36.5 Å². The summed E-state index contributed by atoms with van der Waals surface area (Å²) >= 11 is 1.39. The third-order valence-electron chi connectivity index (χ3n) is 5.46. The molecule has 0 spiro atoms. The molecule has 1 aromatic heterocycles. The van der Waals surface area contributed by atoms with E-state index in [1.165, 1.54) is 17.8 Å². The molecule has 0 atom stereocenters. The minimum Gasteiger partial charge on any atom is -0.346 e. The van der Waals surface area contributed by atoms with E-state index < -0.39 is 18.4 Å². The molecule has 3 nitrogen and oxygen atoms in total. The standard InChI is InChI=1S/C27H24F2N2OS/c1-17-8-11-20(12-9-17)33-24-15-30-23-7-5-4-6-21(23)25(24)26(32)31-16-27(28,29)22-13-10-18(2)14-19(22)3/h4-15H,16H2,1-3H3,(H,31,32). The maximum Gasteiger partial charge on any atom is 0.290 e. The van der Waals surface area contributed by atoms with E-state index in [0.29, 0.717) is 26.9 Å². The Hall–Kier alpha value is -3.25. The second-order valence-electron chi connectivity index (χ2n) is 8.14. The number of hydrogen-bond acceptors (Lipinski definition) is 3. The van der Waals surface area contributed by atoms with Gasteiger partial charge in [0.1, 0.15) is 0 Å². The van der Waals surface area contributed by atoms with Crippen LogP contribution in [0.3, 0.4) is 0 Å². The van der Waals surface area contributed by atoms with Crippen molar-refractivity contribution in [2.75, 3.05) is 6.54 Å². The number of alkyl halides is 2. The summed E-state index contributed by atoms with van der Waals surface area (Å²) in [5.41, 5.74) is 3.45. The van der Waals surface area contributed by atoms with Crippen LogP contribution in [0, 0.1) is 20.8 Å². The molecule has 1 heterocycles. The smallest absolute Gasteiger partial charge is 0.290 e. The molecule has 3 aromatic carbocycles. The number of aromatic nitrogens is 1. The van der Waals surface area contributed by atoms with Gasteiger partial charge in [0, 0.05) is 26.9 Å². The van der Waals surface area contributed by atoms with Gasteiger partial charge < -0.3 is 5.32 Å². The van der Waals surface area contributed by atoms with Crippen molar-refractivity contribution < 1.29 is 13.6 Å². The molecule has 0 saturated heterocycles. The second-order valence-corrected chi connectivity index (χ2v) is 9.25. The zero-order chi connectivity index (χ0) is 23.6. The number of carbonyl (C=O) groups excluding carboxylic acids is 1. The van der Waals surface area contributed by atoms with E-state index in [0.717, 1.165) is 16.0 Å². The highest BCUT2D eigenvalue weighted by molar-refractivity contribution is 7.99. The molecular weight excluding hydrogens is 438 g/mol. The molecule has 0 aliphatic carbocycles. The number of para-hydroxylation sites is 1. The molecule has 0 aliphatic heterocycles. The number of carbonyl (C=O) groups is 1. The van der Waals surface area contributed by atoms with Crippen molar-refractivity contribution in [3.05, 3.63) is 101 Å². The van der Waals surface area contributed by atoms with Gasteiger partial charge in [-0.1, -0.05) is 71.4 Å². The van der Waals surface area contributed by atoms with Gasteiger partial charge in [-0.3, -0.25) is 9.78 Å². The third kappa shape index (κ3) is 5.06. The molecular formula is C27H24F2N2OS. The lowest BCUT2D eigenvalue weighted by Crippen LogP contribution is -2.35. The fraction of sp³-hybridized carbons (Fsp3) is 0.185. The van der Waals surface area contributed by atoms with Crippen LogP contribution in [-0.2, 0) is 5.92 Å². The number of benzene rings is 3. The van der Waals surface area contributed by atoms with E-state index in [4.69, 9.17) is 0 Å². The van der Waals surface area contributed by atoms with Crippen LogP contribution in [0.4, 0.5) is 8.78 Å². The van der Waals surface area contributed by atoms with E-state index in [1.807, 2.05) is 50.2 Å². The molecule has 0 radical (unpaired) electrons. The van der Waals surface area contributed by atoms with Gasteiger partial charge in [-0.2, -0.15) is 8.78 Å². The first kappa shape index (κ1) is 22.9. The summed E-state index contributed by atoms with van der Waals surface area (Å²) in [7, 11) is 0. The lowest BCUT2D eigenvalue weighted by molar-refractivity contribution is -0.00308. The molecule has 168 valence electrons. The average molecular weight is 463 g/mol. The number of nitrogens with one attached hydrogen (secondary N) is 1. The molecule has 33 heavy (non-hydrogen) atoms. The summed E-state index contributed by atoms with van der Waals surface area (Å²) in [4.78, 5) is 19.3. The third-order valence-corrected chi connectivity index (χ3v) is 6.50. The molecule has 0 saturated carbocycles. The van der Waals surface area contributed by atoms with Gasteiger partial charge in [0.2, 0.25) is 0 Å². The lowest BCUT2D eigenvalue weighted by atomic mass is 10.00. The number of amides is 1. The van der Waals surface area contributed by atoms with Crippen LogP contribution in [0.2, 0.25) is 0 Å². The molecule has 0 unspecified atom stereocenters. The molecule has 0 fully saturated rings. The summed E-state index contributed by atoms with van der Waals surface area (Å²) in [6.07, 6.45) is 1.63. The van der Waals surface area contributed by atoms with E-state index in [-0.39, 0.29) is 5.56 Å². The molecule has 1 amide bonds. The van der Waals surface area contributed by atoms with Crippen LogP contribution in [0.1, 0.15) is 32.6 Å². The Bertz CT molecular complexity index is 1320. The van der Waals surface area contributed by atoms with Crippen molar-refractivity contribution >= 4 is 28.6 Å². The van der Waals surface area contributed by atoms with Gasteiger partial charge in [0.05, 0.1) is 17.6 Å². The normalized spacial score (nSPS) is 11.5. The zero-order valence-corrected chi connectivity index (χ0v) is 19.5. The number of aryl methyl sites for hydroxylation is 3. The summed E-state index contributed by atoms with van der Waals surface area (Å²) in [6, 6.07) is 19.9. The highest BCUT2D eigenvalue weighted by Crippen LogP contribution is 2.34. The molecule has 0 aliphatic rings. The van der Waals surface area contributed by atoms with E-state index in [1.54, 1.807) is 37.4 Å². The fourth-order valence-corrected chi connectivity index (χ4v) is 4.70. The molecule has 4 aromatic rings. The summed E-state index contributed by atoms with van der Waals surface area (Å²) < 4.78 is 30.0. The van der Waals surface area contributed by atoms with Crippen molar-refractivity contribution in [3.8, 4) is 0 Å². The predicted octanol–water partition coefficient (Wildman–Crippen LogP) is 6.83. The first-order valence-electron chi connectivity index (χ1n) is 10.6. The zero-order valence-electron chi connectivity index (χ0n) is 18.7. The number of hydrogen-bond donors (Lipinski definition) is 1. The SMILES string of the molecule is Cc1ccc(Sc2cnc3ccccc3c2C(=O)NCC(F)(F)c2ccc(C)cc2C)cc1. The highest BCUT2D eigenvalue weighted by atomic mass is 32.2. The first-order valence-corrected chi connectivity index (χ1v) is 11.4. The number of pyridine rings is 1. The Balaban J connectivity index is 1.65. The summed E-state index contributed by atoms with van der Waals surface area (Å²) in [5.74, 6) is -3.74. The van der Waals surface area contributed by atoms with Crippen molar-refractivity contribution in [2.24, 2.45) is 0 Å². The van der Waals surface area contributed by atoms with Gasteiger partial charge in [-0.15, -0.1) is 0 Å². The number of fused-ring (bicyclic) bond motifs is 1. The minimum absolute atomic E-state index is 0.0813. The monoisotopic (exact) mass is 462 g/mol. The van der Waals surface area contributed by atoms with Crippen molar-refractivity contribution in [3.63, 3.8) is 0 Å². The Labute approximate surface area is 196 Å². The maximum absolute atomic E-state index is 15.0. The predicted molar refractivity (Wildman–Crippen MR) is 129 cm³/mol. The topological polar surface area (TPSA) is 42.0 Å². The van der Waals surface area contributed by atoms with Gasteiger partial charge in [-0.25, -0.2) is 0 Å². The molecule has 4 rings (SSSR count). The Morgan fingerprint density at radius 2 is 1.67 bits per heavy atom. The fourth-order valence-electron chi connectivity index (χ4n) is 3.77. The van der Waals surface area contributed by atoms with Crippen molar-refractivity contribution in [1.82, 2.24) is 10.3 Å². The molecule has 6 heteroatoms. The van der Waals surface area contributed by atoms with Crippen LogP contribution in [-0.4, -0.2) is 17.4 Å². The Morgan fingerprint density at radius 3 is 2.39 bits per heavy atom. The van der Waals surface area contributed by atoms with E-state index in [2.05, 4.69) is 10.3 Å². The van der Waals surface area contributed by atoms with Crippen LogP contribution < -0.4 is 5.32 Å². The first-order chi connectivity index (χ1) is 15.7. The molecule has 1 N–H and O–H groups in total. The largest absolute Gasteiger partial charge is 0.346 e. The van der Waals surface area contributed by atoms with Crippen LogP contribution in [0.15, 0.2) is 82.7 Å². The summed E-state index contributed by atoms with van der Waals surface area (Å²) in [5, 5.41) is 3.10. The number of rotatable bonds is 6.